The molecule has 1 aromatic carbocycles. The van der Waals surface area contributed by atoms with E-state index >= 15 is 0 Å². The summed E-state index contributed by atoms with van der Waals surface area (Å²) in [6.07, 6.45) is 6.09. The molecule has 1 fully saturated rings. The minimum Gasteiger partial charge on any atom is -0.441 e. The molecule has 30 heavy (non-hydrogen) atoms. The Kier molecular flexibility index (Phi) is 8.73. The lowest BCUT2D eigenvalue weighted by Crippen LogP contribution is -2.49. The number of nitrogens with zero attached hydrogens (tertiary/aromatic N) is 4. The quantitative estimate of drug-likeness (QED) is 0.613. The molecule has 3 heterocycles. The van der Waals surface area contributed by atoms with Crippen molar-refractivity contribution in [3.05, 3.63) is 59.6 Å². The molecule has 1 aliphatic rings. The van der Waals surface area contributed by atoms with Crippen molar-refractivity contribution in [1.29, 1.82) is 0 Å². The van der Waals surface area contributed by atoms with Crippen LogP contribution in [0.1, 0.15) is 24.2 Å². The van der Waals surface area contributed by atoms with Crippen LogP contribution in [-0.4, -0.2) is 45.0 Å². The van der Waals surface area contributed by atoms with Gasteiger partial charge in [-0.3, -0.25) is 4.79 Å². The molecule has 162 valence electrons. The zero-order valence-corrected chi connectivity index (χ0v) is 18.8. The normalized spacial score (nSPS) is 15.9. The third-order valence-corrected chi connectivity index (χ3v) is 5.30. The molecular weight excluding hydrogens is 449 g/mol. The highest BCUT2D eigenvalue weighted by Gasteiger charge is 2.30. The molecule has 7 nitrogen and oxygen atoms in total. The number of aryl methyl sites for hydroxylation is 2. The first kappa shape index (κ1) is 24.2. The smallest absolute Gasteiger partial charge is 0.223 e. The maximum absolute atomic E-state index is 12.9. The van der Waals surface area contributed by atoms with E-state index in [1.54, 1.807) is 12.4 Å². The maximum Gasteiger partial charge on any atom is 0.223 e. The average molecular weight is 473 g/mol. The number of nitrogens with one attached hydrogen (secondary N) is 1. The van der Waals surface area contributed by atoms with Gasteiger partial charge < -0.3 is 19.2 Å². The lowest BCUT2D eigenvalue weighted by Gasteiger charge is -2.35. The molecule has 2 aromatic heterocycles. The zero-order valence-electron chi connectivity index (χ0n) is 16.5. The second-order valence-electron chi connectivity index (χ2n) is 6.80. The van der Waals surface area contributed by atoms with Gasteiger partial charge in [0, 0.05) is 57.5 Å². The van der Waals surface area contributed by atoms with Crippen LogP contribution in [0.15, 0.2) is 47.3 Å². The first-order chi connectivity index (χ1) is 13.6. The van der Waals surface area contributed by atoms with Crippen molar-refractivity contribution in [2.24, 2.45) is 7.05 Å². The molecule has 1 atom stereocenters. The van der Waals surface area contributed by atoms with Crippen LogP contribution >= 0.6 is 36.4 Å². The fraction of sp³-hybridized carbons (Fsp3) is 0.350. The van der Waals surface area contributed by atoms with Crippen LogP contribution in [0.25, 0.3) is 11.3 Å². The van der Waals surface area contributed by atoms with E-state index in [1.165, 1.54) is 0 Å². The Labute approximate surface area is 192 Å². The van der Waals surface area contributed by atoms with Gasteiger partial charge in [-0.25, -0.2) is 9.97 Å². The topological polar surface area (TPSA) is 76.2 Å². The van der Waals surface area contributed by atoms with Gasteiger partial charge in [-0.05, 0) is 12.1 Å². The van der Waals surface area contributed by atoms with Gasteiger partial charge in [-0.2, -0.15) is 0 Å². The summed E-state index contributed by atoms with van der Waals surface area (Å²) in [5.41, 5.74) is 0.797. The number of hydrogen-bond donors (Lipinski definition) is 1. The SMILES string of the molecule is Cl.Cl.Cn1ccnc1C1CNCCN1C(=O)CCc1ncc(-c2ccccc2Cl)o1. The van der Waals surface area contributed by atoms with Crippen molar-refractivity contribution >= 4 is 42.3 Å². The number of rotatable bonds is 5. The molecule has 0 spiro atoms. The number of piperazine rings is 1. The summed E-state index contributed by atoms with van der Waals surface area (Å²) in [4.78, 5) is 23.5. The summed E-state index contributed by atoms with van der Waals surface area (Å²) in [6.45, 7) is 2.14. The van der Waals surface area contributed by atoms with E-state index in [9.17, 15) is 4.79 Å². The van der Waals surface area contributed by atoms with Crippen LogP contribution in [0.5, 0.6) is 0 Å². The zero-order chi connectivity index (χ0) is 19.5. The van der Waals surface area contributed by atoms with Gasteiger partial charge >= 0.3 is 0 Å². The highest BCUT2D eigenvalue weighted by Crippen LogP contribution is 2.28. The lowest BCUT2D eigenvalue weighted by atomic mass is 10.1. The maximum atomic E-state index is 12.9. The highest BCUT2D eigenvalue weighted by atomic mass is 35.5. The number of benzene rings is 1. The average Bonchev–Trinajstić information content (AvgIpc) is 3.35. The van der Waals surface area contributed by atoms with E-state index in [4.69, 9.17) is 16.0 Å². The van der Waals surface area contributed by atoms with Crippen molar-refractivity contribution in [3.63, 3.8) is 0 Å². The highest BCUT2D eigenvalue weighted by molar-refractivity contribution is 6.33. The van der Waals surface area contributed by atoms with Crippen LogP contribution in [0, 0.1) is 0 Å². The molecule has 1 saturated heterocycles. The fourth-order valence-electron chi connectivity index (χ4n) is 3.50. The van der Waals surface area contributed by atoms with Crippen molar-refractivity contribution in [3.8, 4) is 11.3 Å². The number of amides is 1. The summed E-state index contributed by atoms with van der Waals surface area (Å²) < 4.78 is 7.77. The Morgan fingerprint density at radius 1 is 1.30 bits per heavy atom. The van der Waals surface area contributed by atoms with Crippen LogP contribution in [0.4, 0.5) is 0 Å². The largest absolute Gasteiger partial charge is 0.441 e. The summed E-state index contributed by atoms with van der Waals surface area (Å²) in [6, 6.07) is 7.40. The molecule has 1 unspecified atom stereocenters. The molecule has 1 amide bonds. The standard InChI is InChI=1S/C20H22ClN5O2.2ClH/c1-25-10-9-23-20(25)16-12-22-8-11-26(16)19(27)7-6-18-24-13-17(28-18)14-4-2-3-5-15(14)21;;/h2-5,9-10,13,16,22H,6-8,11-12H2,1H3;2*1H. The van der Waals surface area contributed by atoms with E-state index in [-0.39, 0.29) is 36.8 Å². The molecule has 3 aromatic rings. The molecule has 4 rings (SSSR count). The summed E-state index contributed by atoms with van der Waals surface area (Å²) in [5, 5.41) is 3.96. The summed E-state index contributed by atoms with van der Waals surface area (Å²) in [5.74, 6) is 2.11. The number of hydrogen-bond acceptors (Lipinski definition) is 5. The Balaban J connectivity index is 0.00000160. The fourth-order valence-corrected chi connectivity index (χ4v) is 3.73. The van der Waals surface area contributed by atoms with Crippen LogP contribution in [-0.2, 0) is 18.3 Å². The Hall–Kier alpha value is -2.06. The Bertz CT molecular complexity index is 975. The van der Waals surface area contributed by atoms with Crippen molar-refractivity contribution in [1.82, 2.24) is 24.8 Å². The van der Waals surface area contributed by atoms with Gasteiger partial charge in [0.25, 0.3) is 0 Å². The monoisotopic (exact) mass is 471 g/mol. The summed E-state index contributed by atoms with van der Waals surface area (Å²) in [7, 11) is 1.95. The second kappa shape index (κ2) is 10.8. The van der Waals surface area contributed by atoms with E-state index < -0.39 is 0 Å². The second-order valence-corrected chi connectivity index (χ2v) is 7.21. The van der Waals surface area contributed by atoms with Crippen LogP contribution in [0.3, 0.4) is 0 Å². The molecule has 10 heteroatoms. The van der Waals surface area contributed by atoms with Gasteiger partial charge in [-0.15, -0.1) is 24.8 Å². The minimum atomic E-state index is -0.0653. The Morgan fingerprint density at radius 3 is 2.83 bits per heavy atom. The van der Waals surface area contributed by atoms with Crippen LogP contribution < -0.4 is 5.32 Å². The lowest BCUT2D eigenvalue weighted by molar-refractivity contribution is -0.134. The van der Waals surface area contributed by atoms with Gasteiger partial charge in [0.2, 0.25) is 5.91 Å². The molecule has 0 bridgehead atoms. The van der Waals surface area contributed by atoms with Crippen molar-refractivity contribution in [2.45, 2.75) is 18.9 Å². The predicted molar refractivity (Wildman–Crippen MR) is 120 cm³/mol. The molecule has 1 aliphatic heterocycles. The van der Waals surface area contributed by atoms with Crippen molar-refractivity contribution in [2.75, 3.05) is 19.6 Å². The van der Waals surface area contributed by atoms with E-state index in [0.29, 0.717) is 42.6 Å². The number of imidazole rings is 1. The molecule has 0 saturated carbocycles. The molecule has 0 aliphatic carbocycles. The third kappa shape index (κ3) is 5.16. The first-order valence-electron chi connectivity index (χ1n) is 9.30. The van der Waals surface area contributed by atoms with Gasteiger partial charge in [0.1, 0.15) is 11.9 Å². The number of halogens is 3. The first-order valence-corrected chi connectivity index (χ1v) is 9.68. The minimum absolute atomic E-state index is 0. The van der Waals surface area contributed by atoms with E-state index in [2.05, 4.69) is 15.3 Å². The number of oxazole rings is 1. The van der Waals surface area contributed by atoms with Crippen LogP contribution in [0.2, 0.25) is 5.02 Å². The number of carbonyl (C=O) groups excluding carboxylic acids is 1. The Morgan fingerprint density at radius 2 is 2.10 bits per heavy atom. The number of aromatic nitrogens is 3. The van der Waals surface area contributed by atoms with E-state index in [1.807, 2.05) is 47.0 Å². The van der Waals surface area contributed by atoms with Gasteiger partial charge in [0.15, 0.2) is 11.7 Å². The van der Waals surface area contributed by atoms with E-state index in [0.717, 1.165) is 17.9 Å². The molecule has 1 N–H and O–H groups in total. The number of carbonyl (C=O) groups is 1. The molecule has 0 radical (unpaired) electrons. The molecular formula is C20H24Cl3N5O2. The predicted octanol–water partition coefficient (Wildman–Crippen LogP) is 3.68. The summed E-state index contributed by atoms with van der Waals surface area (Å²) >= 11 is 6.21. The van der Waals surface area contributed by atoms with Crippen molar-refractivity contribution < 1.29 is 9.21 Å². The van der Waals surface area contributed by atoms with Gasteiger partial charge in [-0.1, -0.05) is 23.7 Å². The third-order valence-electron chi connectivity index (χ3n) is 4.97. The van der Waals surface area contributed by atoms with Gasteiger partial charge in [0.05, 0.1) is 11.2 Å².